The number of hydrogen-bond donors (Lipinski definition) is 8. The highest BCUT2D eigenvalue weighted by atomic mass is 32.2. The lowest BCUT2D eigenvalue weighted by Crippen LogP contribution is -2.58. The fraction of sp³-hybridized carbons (Fsp3) is 0.667. The molecule has 33 heavy (non-hydrogen) atoms. The zero-order chi connectivity index (χ0) is 25.7. The summed E-state index contributed by atoms with van der Waals surface area (Å²) in [5, 5.41) is 25.6. The lowest BCUT2D eigenvalue weighted by molar-refractivity contribution is -0.145. The Morgan fingerprint density at radius 2 is 1.39 bits per heavy atom. The number of thioether (sulfide) groups is 1. The number of carbonyl (C=O) groups excluding carboxylic acids is 5. The maximum atomic E-state index is 12.8. The molecule has 0 aliphatic rings. The molecule has 0 radical (unpaired) electrons. The predicted octanol–water partition coefficient (Wildman–Crippen LogP) is -3.87. The summed E-state index contributed by atoms with van der Waals surface area (Å²) in [4.78, 5) is 71.0. The van der Waals surface area contributed by atoms with Crippen LogP contribution < -0.4 is 33.2 Å². The number of aliphatic hydroxyl groups is 1. The van der Waals surface area contributed by atoms with E-state index in [4.69, 9.17) is 22.3 Å². The first-order valence-corrected chi connectivity index (χ1v) is 11.3. The van der Waals surface area contributed by atoms with Crippen LogP contribution in [0.4, 0.5) is 0 Å². The Kier molecular flexibility index (Phi) is 13.7. The number of aliphatic carboxylic acids is 1. The van der Waals surface area contributed by atoms with Crippen molar-refractivity contribution in [1.82, 2.24) is 16.0 Å². The van der Waals surface area contributed by atoms with Gasteiger partial charge in [0.2, 0.25) is 29.5 Å². The first-order valence-electron chi connectivity index (χ1n) is 9.93. The largest absolute Gasteiger partial charge is 0.480 e. The van der Waals surface area contributed by atoms with Crippen molar-refractivity contribution in [2.24, 2.45) is 17.2 Å². The number of carbonyl (C=O) groups is 6. The van der Waals surface area contributed by atoms with Crippen molar-refractivity contribution in [2.45, 2.75) is 62.9 Å². The van der Waals surface area contributed by atoms with Crippen LogP contribution in [-0.2, 0) is 28.8 Å². The molecule has 11 N–H and O–H groups in total. The lowest BCUT2D eigenvalue weighted by atomic mass is 10.1. The summed E-state index contributed by atoms with van der Waals surface area (Å²) >= 11 is 1.36. The number of primary amides is 2. The SMILES string of the molecule is CSCCC(NC(=O)C(CCC(N)=O)NC(=O)C(N)CC(N)=O)C(=O)NC(C(=O)O)C(C)O. The molecule has 0 saturated carbocycles. The van der Waals surface area contributed by atoms with Gasteiger partial charge in [-0.3, -0.25) is 24.0 Å². The van der Waals surface area contributed by atoms with Crippen LogP contribution in [0.2, 0.25) is 0 Å². The standard InChI is InChI=1S/C18H32N6O8S/c1-8(25)14(18(31)32)24-17(30)11(5-6-33-2)23-16(29)10(3-4-12(20)26)22-15(28)9(19)7-13(21)27/h8-11,14,25H,3-7,19H2,1-2H3,(H2,20,26)(H2,21,27)(H,22,28)(H,23,29)(H,24,30)(H,31,32). The van der Waals surface area contributed by atoms with E-state index >= 15 is 0 Å². The van der Waals surface area contributed by atoms with Gasteiger partial charge < -0.3 is 43.4 Å². The molecule has 14 nitrogen and oxygen atoms in total. The first kappa shape index (κ1) is 30.1. The Morgan fingerprint density at radius 1 is 0.879 bits per heavy atom. The summed E-state index contributed by atoms with van der Waals surface area (Å²) in [6.07, 6.45) is -0.541. The van der Waals surface area contributed by atoms with E-state index in [9.17, 15) is 33.9 Å². The van der Waals surface area contributed by atoms with Crippen LogP contribution in [0.3, 0.4) is 0 Å². The van der Waals surface area contributed by atoms with Crippen LogP contribution in [0.15, 0.2) is 0 Å². The smallest absolute Gasteiger partial charge is 0.328 e. The van der Waals surface area contributed by atoms with Gasteiger partial charge in [-0.1, -0.05) is 0 Å². The molecule has 0 aliphatic carbocycles. The minimum Gasteiger partial charge on any atom is -0.480 e. The number of carboxylic acid groups (broad SMARTS) is 1. The van der Waals surface area contributed by atoms with Crippen molar-refractivity contribution in [3.63, 3.8) is 0 Å². The summed E-state index contributed by atoms with van der Waals surface area (Å²) in [5.74, 6) is -5.26. The number of carboxylic acids is 1. The van der Waals surface area contributed by atoms with Crippen LogP contribution in [0.1, 0.15) is 32.6 Å². The molecule has 0 spiro atoms. The van der Waals surface area contributed by atoms with Crippen LogP contribution in [0, 0.1) is 0 Å². The molecule has 5 atom stereocenters. The number of aliphatic hydroxyl groups excluding tert-OH is 1. The van der Waals surface area contributed by atoms with E-state index in [1.807, 2.05) is 0 Å². The van der Waals surface area contributed by atoms with Crippen molar-refractivity contribution in [3.05, 3.63) is 0 Å². The summed E-state index contributed by atoms with van der Waals surface area (Å²) in [6, 6.07) is -5.49. The van der Waals surface area contributed by atoms with E-state index in [2.05, 4.69) is 16.0 Å². The fourth-order valence-electron chi connectivity index (χ4n) is 2.56. The second kappa shape index (κ2) is 15.0. The summed E-state index contributed by atoms with van der Waals surface area (Å²) in [6.45, 7) is 1.18. The van der Waals surface area contributed by atoms with Gasteiger partial charge in [0.25, 0.3) is 0 Å². The van der Waals surface area contributed by atoms with Crippen molar-refractivity contribution in [2.75, 3.05) is 12.0 Å². The van der Waals surface area contributed by atoms with Crippen LogP contribution in [0.5, 0.6) is 0 Å². The molecular weight excluding hydrogens is 460 g/mol. The van der Waals surface area contributed by atoms with Gasteiger partial charge in [0.05, 0.1) is 18.6 Å². The van der Waals surface area contributed by atoms with Crippen molar-refractivity contribution in [1.29, 1.82) is 0 Å². The van der Waals surface area contributed by atoms with Gasteiger partial charge in [0.1, 0.15) is 12.1 Å². The summed E-state index contributed by atoms with van der Waals surface area (Å²) in [7, 11) is 0. The van der Waals surface area contributed by atoms with Gasteiger partial charge in [-0.2, -0.15) is 11.8 Å². The topological polar surface area (TPSA) is 257 Å². The Balaban J connectivity index is 5.52. The molecule has 188 valence electrons. The average molecular weight is 493 g/mol. The molecular formula is C18H32N6O8S. The van der Waals surface area contributed by atoms with E-state index in [0.29, 0.717) is 5.75 Å². The fourth-order valence-corrected chi connectivity index (χ4v) is 3.03. The van der Waals surface area contributed by atoms with Crippen LogP contribution in [0.25, 0.3) is 0 Å². The van der Waals surface area contributed by atoms with Gasteiger partial charge >= 0.3 is 5.97 Å². The normalized spacial score (nSPS) is 15.3. The van der Waals surface area contributed by atoms with Gasteiger partial charge in [-0.15, -0.1) is 0 Å². The van der Waals surface area contributed by atoms with E-state index in [0.717, 1.165) is 0 Å². The highest BCUT2D eigenvalue weighted by Gasteiger charge is 2.32. The van der Waals surface area contributed by atoms with Crippen molar-refractivity contribution >= 4 is 47.3 Å². The maximum Gasteiger partial charge on any atom is 0.328 e. The van der Waals surface area contributed by atoms with Crippen LogP contribution >= 0.6 is 11.8 Å². The molecule has 15 heteroatoms. The predicted molar refractivity (Wildman–Crippen MR) is 118 cm³/mol. The first-order chi connectivity index (χ1) is 15.3. The second-order valence-corrected chi connectivity index (χ2v) is 8.24. The average Bonchev–Trinajstić information content (AvgIpc) is 2.70. The third-order valence-electron chi connectivity index (χ3n) is 4.36. The number of amides is 5. The minimum atomic E-state index is -1.61. The third kappa shape index (κ3) is 12.1. The number of nitrogens with two attached hydrogens (primary N) is 3. The van der Waals surface area contributed by atoms with Crippen molar-refractivity contribution < 1.29 is 39.0 Å². The van der Waals surface area contributed by atoms with Crippen LogP contribution in [-0.4, -0.2) is 88.0 Å². The van der Waals surface area contributed by atoms with Gasteiger partial charge in [0, 0.05) is 6.42 Å². The molecule has 0 aromatic carbocycles. The van der Waals surface area contributed by atoms with E-state index in [1.54, 1.807) is 6.26 Å². The van der Waals surface area contributed by atoms with Crippen molar-refractivity contribution in [3.8, 4) is 0 Å². The molecule has 0 aromatic rings. The summed E-state index contributed by atoms with van der Waals surface area (Å²) in [5.41, 5.74) is 15.7. The molecule has 0 heterocycles. The molecule has 0 aromatic heterocycles. The Labute approximate surface area is 194 Å². The zero-order valence-corrected chi connectivity index (χ0v) is 19.2. The van der Waals surface area contributed by atoms with E-state index < -0.39 is 72.2 Å². The molecule has 0 rings (SSSR count). The Morgan fingerprint density at radius 3 is 1.85 bits per heavy atom. The Hall–Kier alpha value is -2.91. The molecule has 0 aliphatic heterocycles. The highest BCUT2D eigenvalue weighted by Crippen LogP contribution is 2.06. The van der Waals surface area contributed by atoms with Gasteiger partial charge in [0.15, 0.2) is 6.04 Å². The monoisotopic (exact) mass is 492 g/mol. The maximum absolute atomic E-state index is 12.8. The van der Waals surface area contributed by atoms with Gasteiger partial charge in [-0.05, 0) is 31.8 Å². The lowest BCUT2D eigenvalue weighted by Gasteiger charge is -2.25. The second-order valence-electron chi connectivity index (χ2n) is 7.25. The van der Waals surface area contributed by atoms with E-state index in [1.165, 1.54) is 18.7 Å². The highest BCUT2D eigenvalue weighted by molar-refractivity contribution is 7.98. The molecule has 0 fully saturated rings. The molecule has 5 unspecified atom stereocenters. The Bertz CT molecular complexity index is 735. The molecule has 5 amide bonds. The van der Waals surface area contributed by atoms with E-state index in [-0.39, 0.29) is 19.3 Å². The minimum absolute atomic E-state index is 0.0998. The summed E-state index contributed by atoms with van der Waals surface area (Å²) < 4.78 is 0. The number of rotatable bonds is 16. The molecule has 0 bridgehead atoms. The van der Waals surface area contributed by atoms with Gasteiger partial charge in [-0.25, -0.2) is 4.79 Å². The zero-order valence-electron chi connectivity index (χ0n) is 18.4. The number of hydrogen-bond acceptors (Lipinski definition) is 9. The molecule has 0 saturated heterocycles. The number of nitrogens with one attached hydrogen (secondary N) is 3. The third-order valence-corrected chi connectivity index (χ3v) is 5.00. The quantitative estimate of drug-likeness (QED) is 0.104.